The van der Waals surface area contributed by atoms with Crippen LogP contribution >= 0.6 is 11.6 Å². The predicted molar refractivity (Wildman–Crippen MR) is 78.7 cm³/mol. The topological polar surface area (TPSA) is 50.2 Å². The summed E-state index contributed by atoms with van der Waals surface area (Å²) < 4.78 is 0. The van der Waals surface area contributed by atoms with Gasteiger partial charge in [0.1, 0.15) is 0 Å². The van der Waals surface area contributed by atoms with E-state index in [1.807, 2.05) is 19.1 Å². The molecular weight excluding hydrogens is 274 g/mol. The van der Waals surface area contributed by atoms with E-state index in [4.69, 9.17) is 11.6 Å². The zero-order chi connectivity index (χ0) is 14.8. The van der Waals surface area contributed by atoms with Gasteiger partial charge < -0.3 is 5.11 Å². The number of ketones is 1. The van der Waals surface area contributed by atoms with Gasteiger partial charge in [0, 0.05) is 28.9 Å². The Kier molecular flexibility index (Phi) is 4.21. The minimum Gasteiger partial charge on any atom is -0.377 e. The number of carbonyl (C=O) groups is 1. The zero-order valence-corrected chi connectivity index (χ0v) is 12.1. The zero-order valence-electron chi connectivity index (χ0n) is 11.4. The molecule has 0 aliphatic heterocycles. The van der Waals surface area contributed by atoms with E-state index in [0.717, 1.165) is 5.56 Å². The molecule has 2 rings (SSSR count). The second kappa shape index (κ2) is 5.73. The van der Waals surface area contributed by atoms with E-state index >= 15 is 0 Å². The van der Waals surface area contributed by atoms with E-state index < -0.39 is 11.5 Å². The van der Waals surface area contributed by atoms with Crippen molar-refractivity contribution in [2.45, 2.75) is 25.4 Å². The van der Waals surface area contributed by atoms with Crippen LogP contribution in [0, 0.1) is 0 Å². The third-order valence-electron chi connectivity index (χ3n) is 3.64. The molecule has 0 saturated heterocycles. The van der Waals surface area contributed by atoms with E-state index in [2.05, 4.69) is 4.98 Å². The molecule has 0 radical (unpaired) electrons. The molecular formula is C16H16ClNO2. The summed E-state index contributed by atoms with van der Waals surface area (Å²) in [5.41, 5.74) is -0.256. The van der Waals surface area contributed by atoms with Crippen LogP contribution in [0.5, 0.6) is 0 Å². The van der Waals surface area contributed by atoms with Gasteiger partial charge in [0.25, 0.3) is 0 Å². The minimum atomic E-state index is -1.60. The molecule has 0 aliphatic carbocycles. The Morgan fingerprint density at radius 2 is 1.95 bits per heavy atom. The fourth-order valence-electron chi connectivity index (χ4n) is 2.34. The van der Waals surface area contributed by atoms with Crippen molar-refractivity contribution in [3.8, 4) is 0 Å². The van der Waals surface area contributed by atoms with Crippen LogP contribution in [0.3, 0.4) is 0 Å². The number of aromatic nitrogens is 1. The Hall–Kier alpha value is -1.71. The Balaban J connectivity index is 2.48. The summed E-state index contributed by atoms with van der Waals surface area (Å²) in [7, 11) is 0. The summed E-state index contributed by atoms with van der Waals surface area (Å²) in [5, 5.41) is 11.5. The molecule has 1 heterocycles. The van der Waals surface area contributed by atoms with Gasteiger partial charge in [-0.05, 0) is 30.7 Å². The lowest BCUT2D eigenvalue weighted by Gasteiger charge is -2.32. The van der Waals surface area contributed by atoms with Gasteiger partial charge >= 0.3 is 0 Å². The molecule has 104 valence electrons. The van der Waals surface area contributed by atoms with Crippen molar-refractivity contribution in [1.29, 1.82) is 0 Å². The first-order valence-electron chi connectivity index (χ1n) is 6.35. The third-order valence-corrected chi connectivity index (χ3v) is 3.89. The van der Waals surface area contributed by atoms with Crippen LogP contribution in [0.25, 0.3) is 0 Å². The molecule has 0 bridgehead atoms. The van der Waals surface area contributed by atoms with Crippen molar-refractivity contribution in [2.75, 3.05) is 0 Å². The minimum absolute atomic E-state index is 0.312. The molecule has 1 N–H and O–H groups in total. The molecule has 1 aromatic heterocycles. The van der Waals surface area contributed by atoms with Crippen molar-refractivity contribution in [3.63, 3.8) is 0 Å². The number of aliphatic hydroxyl groups is 1. The maximum atomic E-state index is 12.0. The average Bonchev–Trinajstić information content (AvgIpc) is 2.47. The quantitative estimate of drug-likeness (QED) is 0.939. The summed E-state index contributed by atoms with van der Waals surface area (Å²) in [6.45, 7) is 3.21. The van der Waals surface area contributed by atoms with Gasteiger partial charge in [-0.1, -0.05) is 36.7 Å². The normalized spacial score (nSPS) is 15.4. The van der Waals surface area contributed by atoms with E-state index in [0.29, 0.717) is 10.6 Å². The highest BCUT2D eigenvalue weighted by atomic mass is 35.5. The number of hydrogen-bond acceptors (Lipinski definition) is 3. The Labute approximate surface area is 123 Å². The summed E-state index contributed by atoms with van der Waals surface area (Å²) in [6, 6.07) is 10.5. The lowest BCUT2D eigenvalue weighted by atomic mass is 9.76. The number of halogens is 1. The highest BCUT2D eigenvalue weighted by Gasteiger charge is 2.41. The maximum absolute atomic E-state index is 12.0. The fourth-order valence-corrected chi connectivity index (χ4v) is 2.47. The van der Waals surface area contributed by atoms with Gasteiger partial charge in [-0.2, -0.15) is 0 Å². The van der Waals surface area contributed by atoms with Gasteiger partial charge in [-0.15, -0.1) is 0 Å². The average molecular weight is 290 g/mol. The standard InChI is InChI=1S/C16H16ClNO2/c1-11(13-5-7-15(17)8-6-13)16(20,12(2)19)14-4-3-9-18-10-14/h3-11,20H,1-2H3. The Morgan fingerprint density at radius 3 is 2.45 bits per heavy atom. The molecule has 0 spiro atoms. The fraction of sp³-hybridized carbons (Fsp3) is 0.250. The molecule has 2 unspecified atom stereocenters. The number of benzene rings is 1. The monoisotopic (exact) mass is 289 g/mol. The van der Waals surface area contributed by atoms with Crippen LogP contribution in [-0.2, 0) is 10.4 Å². The summed E-state index contributed by atoms with van der Waals surface area (Å²) in [5.74, 6) is -0.714. The number of pyridine rings is 1. The second-order valence-corrected chi connectivity index (χ2v) is 5.27. The number of rotatable bonds is 4. The number of carbonyl (C=O) groups excluding carboxylic acids is 1. The van der Waals surface area contributed by atoms with Crippen molar-refractivity contribution >= 4 is 17.4 Å². The van der Waals surface area contributed by atoms with Crippen LogP contribution in [0.2, 0.25) is 5.02 Å². The van der Waals surface area contributed by atoms with Crippen LogP contribution in [0.1, 0.15) is 30.9 Å². The van der Waals surface area contributed by atoms with Crippen LogP contribution in [0.4, 0.5) is 0 Å². The first kappa shape index (κ1) is 14.7. The van der Waals surface area contributed by atoms with Crippen LogP contribution in [-0.4, -0.2) is 15.9 Å². The van der Waals surface area contributed by atoms with Gasteiger partial charge in [0.2, 0.25) is 0 Å². The molecule has 0 fully saturated rings. The van der Waals surface area contributed by atoms with Crippen molar-refractivity contribution in [3.05, 3.63) is 64.9 Å². The molecule has 2 aromatic rings. The SMILES string of the molecule is CC(=O)C(O)(c1cccnc1)C(C)c1ccc(Cl)cc1. The molecule has 1 aromatic carbocycles. The molecule has 0 saturated carbocycles. The van der Waals surface area contributed by atoms with E-state index in [1.165, 1.54) is 13.1 Å². The first-order chi connectivity index (χ1) is 9.46. The predicted octanol–water partition coefficient (Wildman–Crippen LogP) is 3.32. The summed E-state index contributed by atoms with van der Waals surface area (Å²) in [6.07, 6.45) is 3.13. The van der Waals surface area contributed by atoms with Crippen molar-refractivity contribution in [2.24, 2.45) is 0 Å². The lowest BCUT2D eigenvalue weighted by Crippen LogP contribution is -2.39. The summed E-state index contributed by atoms with van der Waals surface area (Å²) in [4.78, 5) is 16.0. The molecule has 20 heavy (non-hydrogen) atoms. The van der Waals surface area contributed by atoms with Crippen molar-refractivity contribution in [1.82, 2.24) is 4.98 Å². The molecule has 0 amide bonds. The number of nitrogens with zero attached hydrogens (tertiary/aromatic N) is 1. The van der Waals surface area contributed by atoms with Crippen LogP contribution in [0.15, 0.2) is 48.8 Å². The molecule has 2 atom stereocenters. The largest absolute Gasteiger partial charge is 0.377 e. The first-order valence-corrected chi connectivity index (χ1v) is 6.73. The molecule has 4 heteroatoms. The second-order valence-electron chi connectivity index (χ2n) is 4.84. The smallest absolute Gasteiger partial charge is 0.166 e. The van der Waals surface area contributed by atoms with Gasteiger partial charge in [0.05, 0.1) is 0 Å². The number of hydrogen-bond donors (Lipinski definition) is 1. The Morgan fingerprint density at radius 1 is 1.30 bits per heavy atom. The van der Waals surface area contributed by atoms with Crippen molar-refractivity contribution < 1.29 is 9.90 Å². The highest BCUT2D eigenvalue weighted by Crippen LogP contribution is 2.37. The van der Waals surface area contributed by atoms with E-state index in [1.54, 1.807) is 30.5 Å². The Bertz CT molecular complexity index is 598. The third kappa shape index (κ3) is 2.60. The van der Waals surface area contributed by atoms with Gasteiger partial charge in [-0.25, -0.2) is 0 Å². The van der Waals surface area contributed by atoms with E-state index in [9.17, 15) is 9.90 Å². The van der Waals surface area contributed by atoms with E-state index in [-0.39, 0.29) is 5.78 Å². The highest BCUT2D eigenvalue weighted by molar-refractivity contribution is 6.30. The molecule has 0 aliphatic rings. The lowest BCUT2D eigenvalue weighted by molar-refractivity contribution is -0.138. The summed E-state index contributed by atoms with van der Waals surface area (Å²) >= 11 is 5.87. The molecule has 3 nitrogen and oxygen atoms in total. The van der Waals surface area contributed by atoms with Gasteiger partial charge in [0.15, 0.2) is 11.4 Å². The van der Waals surface area contributed by atoms with Gasteiger partial charge in [-0.3, -0.25) is 9.78 Å². The van der Waals surface area contributed by atoms with Crippen LogP contribution < -0.4 is 0 Å². The maximum Gasteiger partial charge on any atom is 0.166 e. The number of Topliss-reactive ketones (excluding diaryl/α,β-unsaturated/α-hetero) is 1.